The van der Waals surface area contributed by atoms with Crippen LogP contribution in [0.3, 0.4) is 0 Å². The van der Waals surface area contributed by atoms with Gasteiger partial charge in [-0.05, 0) is 24.6 Å². The van der Waals surface area contributed by atoms with Gasteiger partial charge in [0.1, 0.15) is 0 Å². The van der Waals surface area contributed by atoms with E-state index in [1.165, 1.54) is 0 Å². The standard InChI is InChI=1S/C14H12N2S2/c1-17-11-7-5-9-3-4-10-6-8-12(18-2)16-14(10)13(9)15-11/h3-8H,1-2H3. The Bertz CT molecular complexity index is 663. The van der Waals surface area contributed by atoms with Crippen LogP contribution in [0.1, 0.15) is 0 Å². The van der Waals surface area contributed by atoms with Crippen LogP contribution < -0.4 is 0 Å². The molecule has 0 aliphatic heterocycles. The second-order valence-corrected chi connectivity index (χ2v) is 5.57. The Labute approximate surface area is 114 Å². The number of fused-ring (bicyclic) bond motifs is 3. The third-order valence-electron chi connectivity index (χ3n) is 2.89. The zero-order chi connectivity index (χ0) is 12.5. The molecule has 0 unspecified atom stereocenters. The van der Waals surface area contributed by atoms with E-state index >= 15 is 0 Å². The van der Waals surface area contributed by atoms with Crippen LogP contribution >= 0.6 is 23.5 Å². The van der Waals surface area contributed by atoms with Crippen molar-refractivity contribution >= 4 is 45.3 Å². The number of hydrogen-bond acceptors (Lipinski definition) is 4. The number of nitrogens with zero attached hydrogens (tertiary/aromatic N) is 2. The highest BCUT2D eigenvalue weighted by molar-refractivity contribution is 7.98. The quantitative estimate of drug-likeness (QED) is 0.515. The monoisotopic (exact) mass is 272 g/mol. The zero-order valence-corrected chi connectivity index (χ0v) is 11.8. The van der Waals surface area contributed by atoms with E-state index in [-0.39, 0.29) is 0 Å². The Morgan fingerprint density at radius 2 is 1.06 bits per heavy atom. The third-order valence-corrected chi connectivity index (χ3v) is 4.18. The number of thioether (sulfide) groups is 2. The van der Waals surface area contributed by atoms with Crippen molar-refractivity contribution in [3.05, 3.63) is 36.4 Å². The largest absolute Gasteiger partial charge is 0.239 e. The molecule has 0 aliphatic rings. The lowest BCUT2D eigenvalue weighted by Gasteiger charge is -2.05. The van der Waals surface area contributed by atoms with Gasteiger partial charge in [0.2, 0.25) is 0 Å². The van der Waals surface area contributed by atoms with Crippen molar-refractivity contribution in [2.24, 2.45) is 0 Å². The van der Waals surface area contributed by atoms with E-state index in [9.17, 15) is 0 Å². The first-order valence-corrected chi connectivity index (χ1v) is 8.05. The van der Waals surface area contributed by atoms with Crippen molar-refractivity contribution < 1.29 is 0 Å². The van der Waals surface area contributed by atoms with Crippen LogP contribution in [-0.2, 0) is 0 Å². The average molecular weight is 272 g/mol. The van der Waals surface area contributed by atoms with Crippen molar-refractivity contribution in [3.63, 3.8) is 0 Å². The normalized spacial score (nSPS) is 11.2. The molecule has 0 amide bonds. The number of hydrogen-bond donors (Lipinski definition) is 0. The van der Waals surface area contributed by atoms with Gasteiger partial charge in [-0.3, -0.25) is 0 Å². The van der Waals surface area contributed by atoms with Crippen LogP contribution in [0.25, 0.3) is 21.8 Å². The van der Waals surface area contributed by atoms with Crippen molar-refractivity contribution in [1.82, 2.24) is 9.97 Å². The summed E-state index contributed by atoms with van der Waals surface area (Å²) in [6.45, 7) is 0. The molecule has 0 N–H and O–H groups in total. The SMILES string of the molecule is CSc1ccc2ccc3ccc(SC)nc3c2n1. The minimum atomic E-state index is 0.996. The Morgan fingerprint density at radius 1 is 0.667 bits per heavy atom. The molecule has 2 aromatic heterocycles. The van der Waals surface area contributed by atoms with Gasteiger partial charge in [-0.2, -0.15) is 0 Å². The second-order valence-electron chi connectivity index (χ2n) is 3.92. The average Bonchev–Trinajstić information content (AvgIpc) is 2.45. The van der Waals surface area contributed by atoms with Gasteiger partial charge < -0.3 is 0 Å². The molecule has 3 aromatic rings. The topological polar surface area (TPSA) is 25.8 Å². The molecule has 4 heteroatoms. The van der Waals surface area contributed by atoms with Gasteiger partial charge in [-0.15, -0.1) is 23.5 Å². The number of pyridine rings is 2. The maximum Gasteiger partial charge on any atom is 0.0978 e. The Kier molecular flexibility index (Phi) is 3.14. The number of aromatic nitrogens is 2. The summed E-state index contributed by atoms with van der Waals surface area (Å²) < 4.78 is 0. The van der Waals surface area contributed by atoms with Crippen LogP contribution in [-0.4, -0.2) is 22.5 Å². The molecule has 0 bridgehead atoms. The highest BCUT2D eigenvalue weighted by Gasteiger charge is 2.05. The molecule has 0 fully saturated rings. The van der Waals surface area contributed by atoms with Crippen molar-refractivity contribution in [2.75, 3.05) is 12.5 Å². The van der Waals surface area contributed by atoms with E-state index < -0.39 is 0 Å². The lowest BCUT2D eigenvalue weighted by molar-refractivity contribution is 1.17. The fourth-order valence-corrected chi connectivity index (χ4v) is 2.73. The van der Waals surface area contributed by atoms with Crippen LogP contribution in [0.5, 0.6) is 0 Å². The predicted molar refractivity (Wildman–Crippen MR) is 80.6 cm³/mol. The van der Waals surface area contributed by atoms with Crippen LogP contribution in [0, 0.1) is 0 Å². The Balaban J connectivity index is 2.40. The smallest absolute Gasteiger partial charge is 0.0978 e. The highest BCUT2D eigenvalue weighted by atomic mass is 32.2. The molecule has 0 saturated heterocycles. The third kappa shape index (κ3) is 1.95. The lowest BCUT2D eigenvalue weighted by Crippen LogP contribution is -1.88. The van der Waals surface area contributed by atoms with Gasteiger partial charge in [0, 0.05) is 10.8 Å². The Morgan fingerprint density at radius 3 is 1.44 bits per heavy atom. The van der Waals surface area contributed by atoms with Crippen molar-refractivity contribution in [2.45, 2.75) is 10.1 Å². The first kappa shape index (κ1) is 11.8. The van der Waals surface area contributed by atoms with Crippen LogP contribution in [0.15, 0.2) is 46.5 Å². The summed E-state index contributed by atoms with van der Waals surface area (Å²) in [5, 5.41) is 4.36. The number of rotatable bonds is 2. The molecule has 18 heavy (non-hydrogen) atoms. The van der Waals surface area contributed by atoms with E-state index in [1.807, 2.05) is 12.5 Å². The summed E-state index contributed by atoms with van der Waals surface area (Å²) in [7, 11) is 0. The molecule has 2 nitrogen and oxygen atoms in total. The highest BCUT2D eigenvalue weighted by Crippen LogP contribution is 2.26. The molecule has 1 aromatic carbocycles. The zero-order valence-electron chi connectivity index (χ0n) is 10.2. The molecular formula is C14H12N2S2. The second kappa shape index (κ2) is 4.78. The van der Waals surface area contributed by atoms with Gasteiger partial charge in [-0.25, -0.2) is 9.97 Å². The molecular weight excluding hydrogens is 260 g/mol. The maximum absolute atomic E-state index is 4.69. The van der Waals surface area contributed by atoms with E-state index in [4.69, 9.17) is 0 Å². The maximum atomic E-state index is 4.69. The van der Waals surface area contributed by atoms with E-state index in [0.717, 1.165) is 31.9 Å². The molecule has 0 atom stereocenters. The van der Waals surface area contributed by atoms with Crippen molar-refractivity contribution in [1.29, 1.82) is 0 Å². The summed E-state index contributed by atoms with van der Waals surface area (Å²) >= 11 is 3.32. The molecule has 0 aliphatic carbocycles. The first-order chi connectivity index (χ1) is 8.81. The summed E-state index contributed by atoms with van der Waals surface area (Å²) in [4.78, 5) is 9.38. The van der Waals surface area contributed by atoms with Gasteiger partial charge in [-0.1, -0.05) is 24.3 Å². The summed E-state index contributed by atoms with van der Waals surface area (Å²) in [6.07, 6.45) is 4.08. The van der Waals surface area contributed by atoms with Crippen LogP contribution in [0.4, 0.5) is 0 Å². The van der Waals surface area contributed by atoms with Gasteiger partial charge in [0.05, 0.1) is 21.1 Å². The molecule has 0 radical (unpaired) electrons. The molecule has 0 saturated carbocycles. The van der Waals surface area contributed by atoms with Gasteiger partial charge in [0.25, 0.3) is 0 Å². The molecule has 0 spiro atoms. The summed E-state index contributed by atoms with van der Waals surface area (Å²) in [5.41, 5.74) is 1.99. The first-order valence-electron chi connectivity index (χ1n) is 5.60. The lowest BCUT2D eigenvalue weighted by atomic mass is 10.1. The minimum Gasteiger partial charge on any atom is -0.239 e. The Hall–Kier alpha value is -1.26. The van der Waals surface area contributed by atoms with Crippen molar-refractivity contribution in [3.8, 4) is 0 Å². The summed E-state index contributed by atoms with van der Waals surface area (Å²) in [5.74, 6) is 0. The summed E-state index contributed by atoms with van der Waals surface area (Å²) in [6, 6.07) is 12.5. The van der Waals surface area contributed by atoms with Crippen LogP contribution in [0.2, 0.25) is 0 Å². The minimum absolute atomic E-state index is 0.996. The van der Waals surface area contributed by atoms with E-state index in [1.54, 1.807) is 23.5 Å². The predicted octanol–water partition coefficient (Wildman–Crippen LogP) is 4.23. The number of benzene rings is 1. The van der Waals surface area contributed by atoms with Gasteiger partial charge >= 0.3 is 0 Å². The molecule has 3 rings (SSSR count). The fraction of sp³-hybridized carbons (Fsp3) is 0.143. The van der Waals surface area contributed by atoms with E-state index in [2.05, 4.69) is 46.4 Å². The van der Waals surface area contributed by atoms with E-state index in [0.29, 0.717) is 0 Å². The van der Waals surface area contributed by atoms with Gasteiger partial charge in [0.15, 0.2) is 0 Å². The molecule has 2 heterocycles. The molecule has 90 valence electrons. The fourth-order valence-electron chi connectivity index (χ4n) is 1.96.